The predicted octanol–water partition coefficient (Wildman–Crippen LogP) is 6.82. The number of rotatable bonds is 5. The number of halogens is 2. The maximum Gasteiger partial charge on any atom is 0.205 e. The van der Waals surface area contributed by atoms with E-state index in [1.165, 1.54) is 18.2 Å². The predicted molar refractivity (Wildman–Crippen MR) is 132 cm³/mol. The second-order valence-electron chi connectivity index (χ2n) is 7.88. The van der Waals surface area contributed by atoms with E-state index in [1.54, 1.807) is 18.3 Å². The molecule has 164 valence electrons. The van der Waals surface area contributed by atoms with Crippen LogP contribution in [0.3, 0.4) is 0 Å². The molecule has 0 unspecified atom stereocenters. The van der Waals surface area contributed by atoms with Gasteiger partial charge in [0.1, 0.15) is 22.6 Å². The fraction of sp³-hybridized carbons (Fsp3) is 0.0357. The van der Waals surface area contributed by atoms with Gasteiger partial charge in [0.2, 0.25) is 5.78 Å². The number of nitrogens with zero attached hydrogens (tertiary/aromatic N) is 3. The number of fused-ring (bicyclic) bond motifs is 2. The summed E-state index contributed by atoms with van der Waals surface area (Å²) in [4.78, 5) is 17.8. The number of carbonyl (C=O) groups excluding carboxylic acids is 1. The largest absolute Gasteiger partial charge is 0.342 e. The minimum absolute atomic E-state index is 0.109. The molecular weight excluding hydrogens is 449 g/mol. The van der Waals surface area contributed by atoms with Crippen LogP contribution < -0.4 is 0 Å². The number of ketones is 1. The van der Waals surface area contributed by atoms with E-state index in [0.29, 0.717) is 28.5 Å². The summed E-state index contributed by atoms with van der Waals surface area (Å²) in [6.07, 6.45) is 3.11. The standard InChI is InChI=1S/C28H17ClFN3O/c29-28-20(12-19-8-4-5-9-25(19)32-28)13-21(15-31)27(34)24-17-33(16-18-6-2-1-3-7-18)26-11-10-22(30)14-23(24)26/h1-14,17H,16H2/b21-13+. The third kappa shape index (κ3) is 4.07. The summed E-state index contributed by atoms with van der Waals surface area (Å²) in [7, 11) is 0. The van der Waals surface area contributed by atoms with E-state index in [4.69, 9.17) is 11.6 Å². The Labute approximate surface area is 200 Å². The molecule has 0 spiro atoms. The van der Waals surface area contributed by atoms with Crippen molar-refractivity contribution in [3.8, 4) is 6.07 Å². The highest BCUT2D eigenvalue weighted by Crippen LogP contribution is 2.28. The summed E-state index contributed by atoms with van der Waals surface area (Å²) in [6.45, 7) is 0.502. The van der Waals surface area contributed by atoms with Crippen LogP contribution in [-0.4, -0.2) is 15.3 Å². The smallest absolute Gasteiger partial charge is 0.205 e. The molecule has 34 heavy (non-hydrogen) atoms. The number of hydrogen-bond acceptors (Lipinski definition) is 3. The quantitative estimate of drug-likeness (QED) is 0.124. The van der Waals surface area contributed by atoms with Crippen LogP contribution in [0.25, 0.3) is 27.9 Å². The number of allylic oxidation sites excluding steroid dienone is 1. The van der Waals surface area contributed by atoms with Gasteiger partial charge in [0.25, 0.3) is 0 Å². The average molecular weight is 466 g/mol. The van der Waals surface area contributed by atoms with Crippen molar-refractivity contribution < 1.29 is 9.18 Å². The first-order valence-electron chi connectivity index (χ1n) is 10.6. The summed E-state index contributed by atoms with van der Waals surface area (Å²) >= 11 is 6.34. The summed E-state index contributed by atoms with van der Waals surface area (Å²) < 4.78 is 16.0. The summed E-state index contributed by atoms with van der Waals surface area (Å²) in [5.41, 5.74) is 3.06. The molecule has 2 heterocycles. The van der Waals surface area contributed by atoms with Gasteiger partial charge in [-0.2, -0.15) is 5.26 Å². The van der Waals surface area contributed by atoms with Crippen LogP contribution in [0.4, 0.5) is 4.39 Å². The van der Waals surface area contributed by atoms with Crippen molar-refractivity contribution in [3.05, 3.63) is 118 Å². The Hall–Kier alpha value is -4.27. The van der Waals surface area contributed by atoms with Gasteiger partial charge in [-0.15, -0.1) is 0 Å². The maximum absolute atomic E-state index is 14.1. The van der Waals surface area contributed by atoms with Crippen LogP contribution in [0.15, 0.2) is 90.6 Å². The maximum atomic E-state index is 14.1. The zero-order valence-electron chi connectivity index (χ0n) is 17.9. The van der Waals surface area contributed by atoms with Crippen molar-refractivity contribution in [2.75, 3.05) is 0 Å². The number of hydrogen-bond donors (Lipinski definition) is 0. The van der Waals surface area contributed by atoms with E-state index in [2.05, 4.69) is 4.98 Å². The molecule has 0 aliphatic rings. The Morgan fingerprint density at radius 3 is 2.62 bits per heavy atom. The highest BCUT2D eigenvalue weighted by atomic mass is 35.5. The number of Topliss-reactive ketones (excluding diaryl/α,β-unsaturated/α-hetero) is 1. The molecule has 0 N–H and O–H groups in total. The lowest BCUT2D eigenvalue weighted by molar-refractivity contribution is 0.104. The summed E-state index contributed by atoms with van der Waals surface area (Å²) in [6, 6.07) is 25.3. The molecule has 0 bridgehead atoms. The summed E-state index contributed by atoms with van der Waals surface area (Å²) in [5, 5.41) is 11.3. The molecule has 6 heteroatoms. The lowest BCUT2D eigenvalue weighted by Crippen LogP contribution is -2.02. The van der Waals surface area contributed by atoms with Gasteiger partial charge in [0.05, 0.1) is 5.52 Å². The molecule has 4 nitrogen and oxygen atoms in total. The minimum atomic E-state index is -0.505. The van der Waals surface area contributed by atoms with Crippen LogP contribution in [-0.2, 0) is 6.54 Å². The first-order chi connectivity index (χ1) is 16.5. The first-order valence-corrected chi connectivity index (χ1v) is 11.0. The number of pyridine rings is 1. The van der Waals surface area contributed by atoms with Crippen LogP contribution in [0, 0.1) is 17.1 Å². The normalized spacial score (nSPS) is 11.6. The van der Waals surface area contributed by atoms with Gasteiger partial charge in [0.15, 0.2) is 0 Å². The lowest BCUT2D eigenvalue weighted by atomic mass is 10.0. The molecule has 3 aromatic carbocycles. The Morgan fingerprint density at radius 1 is 1.06 bits per heavy atom. The molecule has 0 fully saturated rings. The topological polar surface area (TPSA) is 58.7 Å². The fourth-order valence-corrected chi connectivity index (χ4v) is 4.22. The molecule has 0 radical (unpaired) electrons. The van der Waals surface area contributed by atoms with E-state index < -0.39 is 11.6 Å². The van der Waals surface area contributed by atoms with Gasteiger partial charge in [-0.1, -0.05) is 60.1 Å². The van der Waals surface area contributed by atoms with Crippen molar-refractivity contribution >= 4 is 45.3 Å². The van der Waals surface area contributed by atoms with Crippen molar-refractivity contribution in [2.24, 2.45) is 0 Å². The molecule has 2 aromatic heterocycles. The van der Waals surface area contributed by atoms with Gasteiger partial charge in [-0.3, -0.25) is 4.79 Å². The van der Waals surface area contributed by atoms with Gasteiger partial charge in [-0.25, -0.2) is 9.37 Å². The Bertz CT molecular complexity index is 1630. The van der Waals surface area contributed by atoms with E-state index >= 15 is 0 Å². The number of nitriles is 1. The summed E-state index contributed by atoms with van der Waals surface area (Å²) in [5.74, 6) is -0.961. The Kier molecular flexibility index (Phi) is 5.67. The molecule has 0 amide bonds. The molecule has 0 aliphatic heterocycles. The van der Waals surface area contributed by atoms with Gasteiger partial charge < -0.3 is 4.57 Å². The zero-order valence-corrected chi connectivity index (χ0v) is 18.6. The van der Waals surface area contributed by atoms with E-state index in [9.17, 15) is 14.4 Å². The van der Waals surface area contributed by atoms with Crippen molar-refractivity contribution in [1.82, 2.24) is 9.55 Å². The minimum Gasteiger partial charge on any atom is -0.342 e. The first kappa shape index (κ1) is 21.6. The second-order valence-corrected chi connectivity index (χ2v) is 8.24. The number of carbonyl (C=O) groups is 1. The molecule has 5 rings (SSSR count). The fourth-order valence-electron chi connectivity index (χ4n) is 4.02. The van der Waals surface area contributed by atoms with Crippen LogP contribution in [0.2, 0.25) is 5.15 Å². The highest BCUT2D eigenvalue weighted by Gasteiger charge is 2.20. The van der Waals surface area contributed by atoms with Crippen LogP contribution in [0.1, 0.15) is 21.5 Å². The zero-order chi connectivity index (χ0) is 23.7. The van der Waals surface area contributed by atoms with E-state index in [-0.39, 0.29) is 16.3 Å². The Balaban J connectivity index is 1.60. The van der Waals surface area contributed by atoms with Gasteiger partial charge >= 0.3 is 0 Å². The van der Waals surface area contributed by atoms with E-state index in [1.807, 2.05) is 65.2 Å². The third-order valence-corrected chi connectivity index (χ3v) is 5.96. The number of benzene rings is 3. The second kappa shape index (κ2) is 8.93. The number of para-hydroxylation sites is 1. The van der Waals surface area contributed by atoms with Gasteiger partial charge in [0, 0.05) is 40.2 Å². The third-order valence-electron chi connectivity index (χ3n) is 5.65. The van der Waals surface area contributed by atoms with Crippen molar-refractivity contribution in [2.45, 2.75) is 6.54 Å². The van der Waals surface area contributed by atoms with Crippen LogP contribution in [0.5, 0.6) is 0 Å². The van der Waals surface area contributed by atoms with E-state index in [0.717, 1.165) is 10.9 Å². The molecule has 0 saturated heterocycles. The lowest BCUT2D eigenvalue weighted by Gasteiger charge is -2.05. The molecule has 0 saturated carbocycles. The highest BCUT2D eigenvalue weighted by molar-refractivity contribution is 6.31. The molecule has 0 atom stereocenters. The molecule has 5 aromatic rings. The average Bonchev–Trinajstić information content (AvgIpc) is 3.20. The van der Waals surface area contributed by atoms with Crippen LogP contribution >= 0.6 is 11.6 Å². The van der Waals surface area contributed by atoms with Gasteiger partial charge in [-0.05, 0) is 42.0 Å². The monoisotopic (exact) mass is 465 g/mol. The Morgan fingerprint density at radius 2 is 1.82 bits per heavy atom. The van der Waals surface area contributed by atoms with Crippen molar-refractivity contribution in [3.63, 3.8) is 0 Å². The molecular formula is C28H17ClFN3O. The SMILES string of the molecule is N#C/C(=C\c1cc2ccccc2nc1Cl)C(=O)c1cn(Cc2ccccc2)c2ccc(F)cc12. The molecule has 0 aliphatic carbocycles. The van der Waals surface area contributed by atoms with Crippen molar-refractivity contribution in [1.29, 1.82) is 5.26 Å². The number of aromatic nitrogens is 2.